The van der Waals surface area contributed by atoms with Crippen molar-refractivity contribution in [3.05, 3.63) is 54.1 Å². The SMILES string of the molecule is O=C1C=C(O)C=CC1c1nc2ccccc2o1. The normalized spacial score (nSPS) is 19.6. The maximum atomic E-state index is 11.7. The van der Waals surface area contributed by atoms with E-state index in [1.807, 2.05) is 18.2 Å². The lowest BCUT2D eigenvalue weighted by Gasteiger charge is -2.08. The minimum Gasteiger partial charge on any atom is -0.508 e. The van der Waals surface area contributed by atoms with Crippen LogP contribution in [0.2, 0.25) is 0 Å². The Hall–Kier alpha value is -2.36. The van der Waals surface area contributed by atoms with E-state index in [2.05, 4.69) is 4.98 Å². The van der Waals surface area contributed by atoms with Crippen molar-refractivity contribution in [1.29, 1.82) is 0 Å². The molecule has 1 aliphatic rings. The summed E-state index contributed by atoms with van der Waals surface area (Å²) in [6, 6.07) is 7.34. The van der Waals surface area contributed by atoms with Gasteiger partial charge in [-0.3, -0.25) is 4.79 Å². The molecule has 1 N–H and O–H groups in total. The smallest absolute Gasteiger partial charge is 0.210 e. The second-order valence-corrected chi connectivity index (χ2v) is 3.83. The first kappa shape index (κ1) is 9.84. The third kappa shape index (κ3) is 1.63. The van der Waals surface area contributed by atoms with E-state index >= 15 is 0 Å². The van der Waals surface area contributed by atoms with Crippen molar-refractivity contribution in [2.45, 2.75) is 5.92 Å². The number of ketones is 1. The van der Waals surface area contributed by atoms with E-state index in [-0.39, 0.29) is 11.5 Å². The van der Waals surface area contributed by atoms with Crippen LogP contribution in [0, 0.1) is 0 Å². The van der Waals surface area contributed by atoms with Crippen molar-refractivity contribution in [3.63, 3.8) is 0 Å². The van der Waals surface area contributed by atoms with Gasteiger partial charge in [-0.15, -0.1) is 0 Å². The molecule has 0 saturated heterocycles. The number of para-hydroxylation sites is 2. The van der Waals surface area contributed by atoms with Crippen LogP contribution in [0.5, 0.6) is 0 Å². The van der Waals surface area contributed by atoms with Crippen LogP contribution in [-0.2, 0) is 4.79 Å². The Morgan fingerprint density at radius 3 is 2.88 bits per heavy atom. The molecule has 0 bridgehead atoms. The van der Waals surface area contributed by atoms with Crippen molar-refractivity contribution < 1.29 is 14.3 Å². The van der Waals surface area contributed by atoms with E-state index in [4.69, 9.17) is 4.42 Å². The highest BCUT2D eigenvalue weighted by atomic mass is 16.3. The number of carbonyl (C=O) groups excluding carboxylic acids is 1. The molecule has 17 heavy (non-hydrogen) atoms. The summed E-state index contributed by atoms with van der Waals surface area (Å²) in [5.41, 5.74) is 1.38. The van der Waals surface area contributed by atoms with Crippen LogP contribution in [-0.4, -0.2) is 15.9 Å². The summed E-state index contributed by atoms with van der Waals surface area (Å²) >= 11 is 0. The van der Waals surface area contributed by atoms with Crippen LogP contribution >= 0.6 is 0 Å². The molecule has 1 aromatic carbocycles. The second kappa shape index (κ2) is 3.59. The number of fused-ring (bicyclic) bond motifs is 1. The van der Waals surface area contributed by atoms with Gasteiger partial charge in [-0.1, -0.05) is 18.2 Å². The maximum absolute atomic E-state index is 11.7. The number of rotatable bonds is 1. The predicted molar refractivity (Wildman–Crippen MR) is 61.6 cm³/mol. The average Bonchev–Trinajstić information content (AvgIpc) is 2.72. The largest absolute Gasteiger partial charge is 0.508 e. The monoisotopic (exact) mass is 227 g/mol. The zero-order chi connectivity index (χ0) is 11.8. The zero-order valence-corrected chi connectivity index (χ0v) is 8.83. The minimum atomic E-state index is -0.543. The molecule has 0 spiro atoms. The molecule has 0 saturated carbocycles. The average molecular weight is 227 g/mol. The van der Waals surface area contributed by atoms with Crippen LogP contribution in [0.15, 0.2) is 52.7 Å². The predicted octanol–water partition coefficient (Wildman–Crippen LogP) is 2.49. The molecule has 0 amide bonds. The summed E-state index contributed by atoms with van der Waals surface area (Å²) < 4.78 is 5.52. The van der Waals surface area contributed by atoms with Gasteiger partial charge in [0.2, 0.25) is 5.89 Å². The fraction of sp³-hybridized carbons (Fsp3) is 0.0769. The van der Waals surface area contributed by atoms with E-state index in [0.29, 0.717) is 11.5 Å². The van der Waals surface area contributed by atoms with Gasteiger partial charge >= 0.3 is 0 Å². The Bertz CT molecular complexity index is 618. The van der Waals surface area contributed by atoms with Crippen LogP contribution in [0.1, 0.15) is 11.8 Å². The molecule has 0 aliphatic heterocycles. The second-order valence-electron chi connectivity index (χ2n) is 3.83. The molecule has 4 heteroatoms. The number of hydrogen-bond acceptors (Lipinski definition) is 4. The number of nitrogens with zero attached hydrogens (tertiary/aromatic N) is 1. The lowest BCUT2D eigenvalue weighted by Crippen LogP contribution is -2.11. The molecule has 1 unspecified atom stereocenters. The van der Waals surface area contributed by atoms with Crippen molar-refractivity contribution in [2.24, 2.45) is 0 Å². The summed E-state index contributed by atoms with van der Waals surface area (Å²) in [7, 11) is 0. The number of aliphatic hydroxyl groups is 1. The summed E-state index contributed by atoms with van der Waals surface area (Å²) in [4.78, 5) is 16.0. The molecule has 0 fully saturated rings. The molecule has 1 heterocycles. The van der Waals surface area contributed by atoms with Gasteiger partial charge in [0.05, 0.1) is 0 Å². The highest BCUT2D eigenvalue weighted by Crippen LogP contribution is 2.26. The minimum absolute atomic E-state index is 0.0395. The summed E-state index contributed by atoms with van der Waals surface area (Å²) in [6.07, 6.45) is 4.24. The van der Waals surface area contributed by atoms with Gasteiger partial charge in [0.1, 0.15) is 17.2 Å². The van der Waals surface area contributed by atoms with Crippen molar-refractivity contribution in [2.75, 3.05) is 0 Å². The summed E-state index contributed by atoms with van der Waals surface area (Å²) in [5, 5.41) is 9.19. The molecule has 84 valence electrons. The van der Waals surface area contributed by atoms with Gasteiger partial charge in [0.15, 0.2) is 11.4 Å². The molecule has 1 atom stereocenters. The van der Waals surface area contributed by atoms with Gasteiger partial charge < -0.3 is 9.52 Å². The van der Waals surface area contributed by atoms with Gasteiger partial charge in [0, 0.05) is 6.08 Å². The lowest BCUT2D eigenvalue weighted by molar-refractivity contribution is -0.115. The fourth-order valence-electron chi connectivity index (χ4n) is 1.80. The lowest BCUT2D eigenvalue weighted by atomic mass is 9.99. The summed E-state index contributed by atoms with van der Waals surface area (Å²) in [6.45, 7) is 0. The first-order valence-corrected chi connectivity index (χ1v) is 5.22. The van der Waals surface area contributed by atoms with E-state index in [0.717, 1.165) is 5.52 Å². The Balaban J connectivity index is 2.05. The molecule has 1 aliphatic carbocycles. The Morgan fingerprint density at radius 1 is 1.29 bits per heavy atom. The van der Waals surface area contributed by atoms with Crippen molar-refractivity contribution in [3.8, 4) is 0 Å². The van der Waals surface area contributed by atoms with Crippen LogP contribution in [0.4, 0.5) is 0 Å². The topological polar surface area (TPSA) is 63.3 Å². The quantitative estimate of drug-likeness (QED) is 0.812. The van der Waals surface area contributed by atoms with Gasteiger partial charge in [-0.2, -0.15) is 0 Å². The van der Waals surface area contributed by atoms with Crippen LogP contribution < -0.4 is 0 Å². The number of aliphatic hydroxyl groups excluding tert-OH is 1. The van der Waals surface area contributed by atoms with Crippen molar-refractivity contribution in [1.82, 2.24) is 4.98 Å². The molecule has 1 aromatic heterocycles. The highest BCUT2D eigenvalue weighted by Gasteiger charge is 2.24. The number of carbonyl (C=O) groups is 1. The zero-order valence-electron chi connectivity index (χ0n) is 8.83. The third-order valence-corrected chi connectivity index (χ3v) is 2.63. The van der Waals surface area contributed by atoms with Crippen LogP contribution in [0.3, 0.4) is 0 Å². The standard InChI is InChI=1S/C13H9NO3/c15-8-5-6-9(11(16)7-8)13-14-10-3-1-2-4-12(10)17-13/h1-7,9,15H. The number of benzene rings is 1. The highest BCUT2D eigenvalue weighted by molar-refractivity contribution is 5.98. The van der Waals surface area contributed by atoms with Crippen molar-refractivity contribution >= 4 is 16.9 Å². The maximum Gasteiger partial charge on any atom is 0.210 e. The third-order valence-electron chi connectivity index (χ3n) is 2.63. The van der Waals surface area contributed by atoms with E-state index < -0.39 is 5.92 Å². The molecular weight excluding hydrogens is 218 g/mol. The number of aromatic nitrogens is 1. The van der Waals surface area contributed by atoms with E-state index in [1.165, 1.54) is 12.2 Å². The molecular formula is C13H9NO3. The molecule has 2 aromatic rings. The van der Waals surface area contributed by atoms with Gasteiger partial charge in [0.25, 0.3) is 0 Å². The first-order valence-electron chi connectivity index (χ1n) is 5.22. The number of oxazole rings is 1. The summed E-state index contributed by atoms with van der Waals surface area (Å²) in [5.74, 6) is -0.451. The van der Waals surface area contributed by atoms with Gasteiger partial charge in [-0.05, 0) is 18.2 Å². The Kier molecular flexibility index (Phi) is 2.08. The van der Waals surface area contributed by atoms with Gasteiger partial charge in [-0.25, -0.2) is 4.98 Å². The fourth-order valence-corrected chi connectivity index (χ4v) is 1.80. The van der Waals surface area contributed by atoms with E-state index in [1.54, 1.807) is 12.1 Å². The Morgan fingerprint density at radius 2 is 2.12 bits per heavy atom. The van der Waals surface area contributed by atoms with Crippen LogP contribution in [0.25, 0.3) is 11.1 Å². The number of hydrogen-bond donors (Lipinski definition) is 1. The molecule has 3 rings (SSSR count). The van der Waals surface area contributed by atoms with E-state index in [9.17, 15) is 9.90 Å². The molecule has 4 nitrogen and oxygen atoms in total. The number of allylic oxidation sites excluding steroid dienone is 3. The Labute approximate surface area is 96.9 Å². The first-order chi connectivity index (χ1) is 8.24. The molecule has 0 radical (unpaired) electrons.